The van der Waals surface area contributed by atoms with Crippen LogP contribution in [0.4, 0.5) is 0 Å². The van der Waals surface area contributed by atoms with Crippen molar-refractivity contribution in [1.82, 2.24) is 10.3 Å². The molecular formula is C14H16N2O3S2. The molecule has 5 nitrogen and oxygen atoms in total. The second kappa shape index (κ2) is 6.36. The molecule has 0 spiro atoms. The van der Waals surface area contributed by atoms with E-state index in [0.29, 0.717) is 15.6 Å². The largest absolute Gasteiger partial charge is 0.477 e. The zero-order valence-electron chi connectivity index (χ0n) is 12.0. The maximum absolute atomic E-state index is 12.3. The molecule has 2 rings (SSSR count). The number of hydrogen-bond donors (Lipinski definition) is 2. The van der Waals surface area contributed by atoms with Crippen LogP contribution in [-0.2, 0) is 6.42 Å². The van der Waals surface area contributed by atoms with Gasteiger partial charge in [-0.3, -0.25) is 4.79 Å². The lowest BCUT2D eigenvalue weighted by Crippen LogP contribution is -2.26. The summed E-state index contributed by atoms with van der Waals surface area (Å²) in [6.45, 7) is 5.47. The van der Waals surface area contributed by atoms with Crippen LogP contribution in [0.1, 0.15) is 55.5 Å². The van der Waals surface area contributed by atoms with Crippen molar-refractivity contribution < 1.29 is 14.7 Å². The van der Waals surface area contributed by atoms with Gasteiger partial charge < -0.3 is 10.4 Å². The van der Waals surface area contributed by atoms with Crippen molar-refractivity contribution in [3.63, 3.8) is 0 Å². The molecule has 21 heavy (non-hydrogen) atoms. The van der Waals surface area contributed by atoms with Gasteiger partial charge in [-0.1, -0.05) is 6.92 Å². The molecule has 2 aromatic rings. The summed E-state index contributed by atoms with van der Waals surface area (Å²) in [4.78, 5) is 28.4. The Bertz CT molecular complexity index is 676. The number of rotatable bonds is 5. The first-order valence-electron chi connectivity index (χ1n) is 6.51. The fourth-order valence-electron chi connectivity index (χ4n) is 1.94. The van der Waals surface area contributed by atoms with E-state index in [2.05, 4.69) is 10.3 Å². The lowest BCUT2D eigenvalue weighted by atomic mass is 10.2. The van der Waals surface area contributed by atoms with Crippen LogP contribution >= 0.6 is 22.7 Å². The predicted octanol–water partition coefficient (Wildman–Crippen LogP) is 3.26. The summed E-state index contributed by atoms with van der Waals surface area (Å²) in [6.07, 6.45) is 0.806. The number of nitrogens with one attached hydrogen (secondary N) is 1. The van der Waals surface area contributed by atoms with Gasteiger partial charge in [-0.2, -0.15) is 0 Å². The van der Waals surface area contributed by atoms with E-state index in [1.165, 1.54) is 11.3 Å². The summed E-state index contributed by atoms with van der Waals surface area (Å²) in [7, 11) is 0. The predicted molar refractivity (Wildman–Crippen MR) is 83.4 cm³/mol. The van der Waals surface area contributed by atoms with Crippen LogP contribution in [0, 0.1) is 6.92 Å². The third-order valence-electron chi connectivity index (χ3n) is 3.06. The summed E-state index contributed by atoms with van der Waals surface area (Å²) in [6, 6.07) is 1.63. The van der Waals surface area contributed by atoms with Gasteiger partial charge in [0.2, 0.25) is 0 Å². The minimum absolute atomic E-state index is 0.140. The molecular weight excluding hydrogens is 308 g/mol. The molecule has 0 aliphatic heterocycles. The average Bonchev–Trinajstić information content (AvgIpc) is 3.04. The Labute approximate surface area is 130 Å². The standard InChI is InChI=1S/C14H16N2O3S2/c1-4-9-5-6-20-11(9)12(17)15-8(3)13-16-7(2)10(21-13)14(18)19/h5-6,8H,4H2,1-3H3,(H,15,17)(H,18,19)/t8-/m0/s1. The van der Waals surface area contributed by atoms with Crippen molar-refractivity contribution in [1.29, 1.82) is 0 Å². The van der Waals surface area contributed by atoms with Gasteiger partial charge in [-0.15, -0.1) is 22.7 Å². The molecule has 2 N–H and O–H groups in total. The normalized spacial score (nSPS) is 12.1. The number of thiazole rings is 1. The molecule has 0 aromatic carbocycles. The summed E-state index contributed by atoms with van der Waals surface area (Å²) < 4.78 is 0. The number of thiophene rings is 1. The number of aromatic nitrogens is 1. The number of carbonyl (C=O) groups is 2. The number of nitrogens with zero attached hydrogens (tertiary/aromatic N) is 1. The lowest BCUT2D eigenvalue weighted by molar-refractivity contribution is 0.0701. The molecule has 0 bridgehead atoms. The molecule has 112 valence electrons. The first kappa shape index (κ1) is 15.7. The minimum Gasteiger partial charge on any atom is -0.477 e. The fourth-order valence-corrected chi connectivity index (χ4v) is 3.74. The van der Waals surface area contributed by atoms with Crippen LogP contribution in [0.3, 0.4) is 0 Å². The molecule has 7 heteroatoms. The molecule has 2 aromatic heterocycles. The van der Waals surface area contributed by atoms with E-state index >= 15 is 0 Å². The highest BCUT2D eigenvalue weighted by molar-refractivity contribution is 7.13. The van der Waals surface area contributed by atoms with Crippen LogP contribution in [0.5, 0.6) is 0 Å². The van der Waals surface area contributed by atoms with Gasteiger partial charge in [0.05, 0.1) is 16.6 Å². The highest BCUT2D eigenvalue weighted by atomic mass is 32.1. The molecule has 0 unspecified atom stereocenters. The number of carbonyl (C=O) groups excluding carboxylic acids is 1. The molecule has 1 amide bonds. The highest BCUT2D eigenvalue weighted by Crippen LogP contribution is 2.25. The van der Waals surface area contributed by atoms with Gasteiger partial charge in [-0.25, -0.2) is 9.78 Å². The van der Waals surface area contributed by atoms with E-state index in [0.717, 1.165) is 23.3 Å². The molecule has 2 heterocycles. The van der Waals surface area contributed by atoms with E-state index in [4.69, 9.17) is 5.11 Å². The number of carboxylic acids is 1. The Hall–Kier alpha value is -1.73. The Balaban J connectivity index is 2.14. The van der Waals surface area contributed by atoms with Crippen LogP contribution in [0.2, 0.25) is 0 Å². The highest BCUT2D eigenvalue weighted by Gasteiger charge is 2.20. The maximum Gasteiger partial charge on any atom is 0.347 e. The van der Waals surface area contributed by atoms with Gasteiger partial charge in [0, 0.05) is 0 Å². The first-order chi connectivity index (χ1) is 9.93. The van der Waals surface area contributed by atoms with Crippen molar-refractivity contribution in [3.05, 3.63) is 37.5 Å². The monoisotopic (exact) mass is 324 g/mol. The van der Waals surface area contributed by atoms with E-state index < -0.39 is 5.97 Å². The van der Waals surface area contributed by atoms with E-state index in [9.17, 15) is 9.59 Å². The second-order valence-corrected chi connectivity index (χ2v) is 6.54. The van der Waals surface area contributed by atoms with Crippen LogP contribution in [0.25, 0.3) is 0 Å². The number of carboxylic acid groups (broad SMARTS) is 1. The summed E-state index contributed by atoms with van der Waals surface area (Å²) in [5.74, 6) is -1.12. The van der Waals surface area contributed by atoms with Crippen molar-refractivity contribution in [3.8, 4) is 0 Å². The van der Waals surface area contributed by atoms with Gasteiger partial charge in [0.15, 0.2) is 0 Å². The van der Waals surface area contributed by atoms with Crippen LogP contribution in [-0.4, -0.2) is 22.0 Å². The second-order valence-electron chi connectivity index (χ2n) is 4.60. The molecule has 0 radical (unpaired) electrons. The molecule has 1 atom stereocenters. The third kappa shape index (κ3) is 3.30. The average molecular weight is 324 g/mol. The van der Waals surface area contributed by atoms with Gasteiger partial charge >= 0.3 is 5.97 Å². The van der Waals surface area contributed by atoms with Crippen molar-refractivity contribution >= 4 is 34.6 Å². The summed E-state index contributed by atoms with van der Waals surface area (Å²) >= 11 is 2.51. The van der Waals surface area contributed by atoms with E-state index in [-0.39, 0.29) is 16.8 Å². The van der Waals surface area contributed by atoms with Gasteiger partial charge in [0.25, 0.3) is 5.91 Å². The van der Waals surface area contributed by atoms with E-state index in [1.807, 2.05) is 18.4 Å². The molecule has 0 aliphatic carbocycles. The summed E-state index contributed by atoms with van der Waals surface area (Å²) in [5.41, 5.74) is 1.50. The lowest BCUT2D eigenvalue weighted by Gasteiger charge is -2.11. The number of aromatic carboxylic acids is 1. The zero-order chi connectivity index (χ0) is 15.6. The minimum atomic E-state index is -0.985. The number of aryl methyl sites for hydroxylation is 2. The number of hydrogen-bond acceptors (Lipinski definition) is 5. The Morgan fingerprint density at radius 1 is 1.43 bits per heavy atom. The third-order valence-corrected chi connectivity index (χ3v) is 5.34. The van der Waals surface area contributed by atoms with Crippen molar-refractivity contribution in [2.45, 2.75) is 33.2 Å². The fraction of sp³-hybridized carbons (Fsp3) is 0.357. The van der Waals surface area contributed by atoms with Gasteiger partial charge in [-0.05, 0) is 37.3 Å². The van der Waals surface area contributed by atoms with E-state index in [1.54, 1.807) is 13.8 Å². The topological polar surface area (TPSA) is 79.3 Å². The Morgan fingerprint density at radius 3 is 2.71 bits per heavy atom. The molecule has 0 saturated heterocycles. The van der Waals surface area contributed by atoms with Crippen molar-refractivity contribution in [2.24, 2.45) is 0 Å². The Kier molecular flexibility index (Phi) is 4.74. The quantitative estimate of drug-likeness (QED) is 0.884. The maximum atomic E-state index is 12.3. The smallest absolute Gasteiger partial charge is 0.347 e. The molecule has 0 aliphatic rings. The zero-order valence-corrected chi connectivity index (χ0v) is 13.6. The van der Waals surface area contributed by atoms with Crippen LogP contribution in [0.15, 0.2) is 11.4 Å². The van der Waals surface area contributed by atoms with Gasteiger partial charge in [0.1, 0.15) is 9.88 Å². The van der Waals surface area contributed by atoms with Crippen molar-refractivity contribution in [2.75, 3.05) is 0 Å². The van der Waals surface area contributed by atoms with Crippen LogP contribution < -0.4 is 5.32 Å². The number of amides is 1. The Morgan fingerprint density at radius 2 is 2.14 bits per heavy atom. The molecule has 0 saturated carbocycles. The molecule has 0 fully saturated rings. The first-order valence-corrected chi connectivity index (χ1v) is 8.21. The SMILES string of the molecule is CCc1ccsc1C(=O)N[C@@H](C)c1nc(C)c(C(=O)O)s1. The summed E-state index contributed by atoms with van der Waals surface area (Å²) in [5, 5.41) is 14.4.